The number of hydrogen-bond donors (Lipinski definition) is 2. The Morgan fingerprint density at radius 3 is 2.67 bits per heavy atom. The summed E-state index contributed by atoms with van der Waals surface area (Å²) >= 11 is 0. The molecule has 2 rings (SSSR count). The number of halogens is 1. The molecule has 0 bridgehead atoms. The van der Waals surface area contributed by atoms with Gasteiger partial charge in [0.05, 0.1) is 32.0 Å². The largest absolute Gasteiger partial charge is 0.469 e. The van der Waals surface area contributed by atoms with Gasteiger partial charge in [-0.1, -0.05) is 18.2 Å². The number of hydrogen-bond acceptors (Lipinski definition) is 5. The zero-order valence-electron chi connectivity index (χ0n) is 13.2. The van der Waals surface area contributed by atoms with Gasteiger partial charge in [0.1, 0.15) is 11.6 Å². The molecule has 0 aliphatic rings. The van der Waals surface area contributed by atoms with Gasteiger partial charge >= 0.3 is 5.97 Å². The van der Waals surface area contributed by atoms with Gasteiger partial charge in [0.2, 0.25) is 0 Å². The highest BCUT2D eigenvalue weighted by atomic mass is 19.1. The van der Waals surface area contributed by atoms with E-state index >= 15 is 0 Å². The minimum atomic E-state index is -0.995. The van der Waals surface area contributed by atoms with E-state index in [2.05, 4.69) is 4.74 Å². The Kier molecular flexibility index (Phi) is 6.28. The number of esters is 1. The topological polar surface area (TPSA) is 79.9 Å². The first-order valence-corrected chi connectivity index (χ1v) is 7.44. The van der Waals surface area contributed by atoms with Crippen LogP contribution in [0.1, 0.15) is 18.6 Å². The van der Waals surface area contributed by atoms with Gasteiger partial charge in [-0.25, -0.2) is 4.39 Å². The lowest BCUT2D eigenvalue weighted by Crippen LogP contribution is -2.20. The molecule has 0 saturated carbocycles. The third kappa shape index (κ3) is 5.04. The molecule has 1 aromatic carbocycles. The monoisotopic (exact) mass is 334 g/mol. The first kappa shape index (κ1) is 17.9. The molecule has 128 valence electrons. The summed E-state index contributed by atoms with van der Waals surface area (Å²) < 4.78 is 22.8. The van der Waals surface area contributed by atoms with Crippen molar-refractivity contribution in [2.45, 2.75) is 25.0 Å². The number of carbonyl (C=O) groups is 1. The van der Waals surface area contributed by atoms with Crippen LogP contribution in [0.15, 0.2) is 47.1 Å². The average Bonchev–Trinajstić information content (AvgIpc) is 3.02. The van der Waals surface area contributed by atoms with Crippen LogP contribution < -0.4 is 0 Å². The second kappa shape index (κ2) is 8.42. The third-order valence-electron chi connectivity index (χ3n) is 3.46. The number of carbonyl (C=O) groups excluding carboxylic acids is 1. The molecule has 0 unspecified atom stereocenters. The van der Waals surface area contributed by atoms with Crippen molar-refractivity contribution in [2.75, 3.05) is 7.11 Å². The molecule has 0 aliphatic carbocycles. The predicted octanol–water partition coefficient (Wildman–Crippen LogP) is 2.77. The van der Waals surface area contributed by atoms with Crippen molar-refractivity contribution in [3.63, 3.8) is 0 Å². The van der Waals surface area contributed by atoms with E-state index in [1.165, 1.54) is 31.6 Å². The van der Waals surface area contributed by atoms with E-state index in [9.17, 15) is 19.4 Å². The van der Waals surface area contributed by atoms with E-state index in [0.717, 1.165) is 11.1 Å². The number of methoxy groups -OCH3 is 1. The normalized spacial score (nSPS) is 13.8. The Morgan fingerprint density at radius 2 is 2.00 bits per heavy atom. The SMILES string of the molecule is COC(=O)C[C@@H](O)C[C@H](O)/C=C/c1occc1-c1ccc(F)cc1. The molecule has 5 nitrogen and oxygen atoms in total. The van der Waals surface area contributed by atoms with E-state index in [1.54, 1.807) is 24.3 Å². The van der Waals surface area contributed by atoms with Gasteiger partial charge in [-0.15, -0.1) is 0 Å². The summed E-state index contributed by atoms with van der Waals surface area (Å²) in [7, 11) is 1.24. The Bertz CT molecular complexity index is 690. The molecular formula is C18H19FO5. The molecule has 2 atom stereocenters. The van der Waals surface area contributed by atoms with E-state index in [1.807, 2.05) is 0 Å². The van der Waals surface area contributed by atoms with E-state index in [-0.39, 0.29) is 18.7 Å². The van der Waals surface area contributed by atoms with Gasteiger partial charge in [0.15, 0.2) is 0 Å². The number of benzene rings is 1. The Morgan fingerprint density at radius 1 is 1.29 bits per heavy atom. The second-order valence-electron chi connectivity index (χ2n) is 5.30. The molecule has 0 saturated heterocycles. The van der Waals surface area contributed by atoms with Crippen molar-refractivity contribution in [1.29, 1.82) is 0 Å². The highest BCUT2D eigenvalue weighted by Crippen LogP contribution is 2.26. The summed E-state index contributed by atoms with van der Waals surface area (Å²) in [5.41, 5.74) is 1.54. The zero-order chi connectivity index (χ0) is 17.5. The maximum atomic E-state index is 13.0. The summed E-state index contributed by atoms with van der Waals surface area (Å²) in [6.07, 6.45) is 2.42. The Balaban J connectivity index is 2.01. The number of aliphatic hydroxyl groups excluding tert-OH is 2. The van der Waals surface area contributed by atoms with Gasteiger partial charge in [-0.2, -0.15) is 0 Å². The maximum absolute atomic E-state index is 13.0. The molecule has 2 N–H and O–H groups in total. The van der Waals surface area contributed by atoms with Crippen molar-refractivity contribution >= 4 is 12.0 Å². The van der Waals surface area contributed by atoms with Gasteiger partial charge < -0.3 is 19.4 Å². The van der Waals surface area contributed by atoms with Crippen LogP contribution in [0.25, 0.3) is 17.2 Å². The maximum Gasteiger partial charge on any atom is 0.308 e. The molecule has 0 aliphatic heterocycles. The van der Waals surface area contributed by atoms with E-state index < -0.39 is 18.2 Å². The van der Waals surface area contributed by atoms with Crippen LogP contribution in [0.4, 0.5) is 4.39 Å². The van der Waals surface area contributed by atoms with Crippen LogP contribution >= 0.6 is 0 Å². The minimum absolute atomic E-state index is 0.00180. The molecular weight excluding hydrogens is 315 g/mol. The quantitative estimate of drug-likeness (QED) is 0.761. The molecule has 0 spiro atoms. The summed E-state index contributed by atoms with van der Waals surface area (Å²) in [6, 6.07) is 7.72. The van der Waals surface area contributed by atoms with Crippen molar-refractivity contribution in [3.05, 3.63) is 54.2 Å². The predicted molar refractivity (Wildman–Crippen MR) is 86.4 cm³/mol. The average molecular weight is 334 g/mol. The molecule has 1 aromatic heterocycles. The standard InChI is InChI=1S/C18H19FO5/c1-23-18(22)11-15(21)10-14(20)6-7-17-16(8-9-24-17)12-2-4-13(19)5-3-12/h2-9,14-15,20-21H,10-11H2,1H3/b7-6+/t14-,15+/m1/s1. The molecule has 0 fully saturated rings. The highest BCUT2D eigenvalue weighted by Gasteiger charge is 2.15. The van der Waals surface area contributed by atoms with Crippen LogP contribution in [-0.2, 0) is 9.53 Å². The lowest BCUT2D eigenvalue weighted by atomic mass is 10.0. The van der Waals surface area contributed by atoms with Crippen LogP contribution in [0.2, 0.25) is 0 Å². The van der Waals surface area contributed by atoms with Crippen LogP contribution in [-0.4, -0.2) is 35.5 Å². The van der Waals surface area contributed by atoms with Gasteiger partial charge in [-0.3, -0.25) is 4.79 Å². The summed E-state index contributed by atoms with van der Waals surface area (Å²) in [5, 5.41) is 19.6. The molecule has 2 aromatic rings. The first-order chi connectivity index (χ1) is 11.5. The highest BCUT2D eigenvalue weighted by molar-refractivity contribution is 5.72. The number of aliphatic hydroxyl groups is 2. The fourth-order valence-electron chi connectivity index (χ4n) is 2.23. The summed E-state index contributed by atoms with van der Waals surface area (Å²) in [5.74, 6) is -0.360. The number of ether oxygens (including phenoxy) is 1. The summed E-state index contributed by atoms with van der Waals surface area (Å²) in [4.78, 5) is 11.1. The zero-order valence-corrected chi connectivity index (χ0v) is 13.2. The van der Waals surface area contributed by atoms with Gasteiger partial charge in [-0.05, 0) is 29.8 Å². The van der Waals surface area contributed by atoms with Crippen molar-refractivity contribution in [1.82, 2.24) is 0 Å². The van der Waals surface area contributed by atoms with E-state index in [4.69, 9.17) is 4.42 Å². The van der Waals surface area contributed by atoms with E-state index in [0.29, 0.717) is 5.76 Å². The number of furan rings is 1. The fraction of sp³-hybridized carbons (Fsp3) is 0.278. The second-order valence-corrected chi connectivity index (χ2v) is 5.30. The van der Waals surface area contributed by atoms with Crippen molar-refractivity contribution < 1.29 is 28.6 Å². The lowest BCUT2D eigenvalue weighted by molar-refractivity contribution is -0.143. The van der Waals surface area contributed by atoms with Crippen molar-refractivity contribution in [3.8, 4) is 11.1 Å². The molecule has 0 radical (unpaired) electrons. The van der Waals surface area contributed by atoms with Crippen molar-refractivity contribution in [2.24, 2.45) is 0 Å². The summed E-state index contributed by atoms with van der Waals surface area (Å²) in [6.45, 7) is 0. The Hall–Kier alpha value is -2.44. The minimum Gasteiger partial charge on any atom is -0.469 e. The smallest absolute Gasteiger partial charge is 0.308 e. The molecule has 0 amide bonds. The molecule has 24 heavy (non-hydrogen) atoms. The molecule has 6 heteroatoms. The van der Waals surface area contributed by atoms with Crippen LogP contribution in [0.5, 0.6) is 0 Å². The lowest BCUT2D eigenvalue weighted by Gasteiger charge is -2.11. The van der Waals surface area contributed by atoms with Crippen LogP contribution in [0, 0.1) is 5.82 Å². The van der Waals surface area contributed by atoms with Gasteiger partial charge in [0, 0.05) is 12.0 Å². The first-order valence-electron chi connectivity index (χ1n) is 7.44. The number of rotatable bonds is 7. The van der Waals surface area contributed by atoms with Gasteiger partial charge in [0.25, 0.3) is 0 Å². The van der Waals surface area contributed by atoms with Crippen LogP contribution in [0.3, 0.4) is 0 Å². The Labute approximate surface area is 139 Å². The fourth-order valence-corrected chi connectivity index (χ4v) is 2.23. The third-order valence-corrected chi connectivity index (χ3v) is 3.46. The molecule has 1 heterocycles.